The Morgan fingerprint density at radius 2 is 1.45 bits per heavy atom. The molecule has 6 rings (SSSR count). The molecular formula is C41H49N11O10. The fraction of sp³-hybridized carbons (Fsp3) is 0.341. The van der Waals surface area contributed by atoms with Gasteiger partial charge in [-0.2, -0.15) is 0 Å². The minimum absolute atomic E-state index is 0.0488. The van der Waals surface area contributed by atoms with Gasteiger partial charge in [-0.3, -0.25) is 29.4 Å². The van der Waals surface area contributed by atoms with Crippen LogP contribution in [-0.2, 0) is 30.7 Å². The van der Waals surface area contributed by atoms with Gasteiger partial charge in [0.05, 0.1) is 60.3 Å². The zero-order valence-corrected chi connectivity index (χ0v) is 34.6. The minimum Gasteiger partial charge on any atom is -0.493 e. The van der Waals surface area contributed by atoms with Crippen LogP contribution in [0.4, 0.5) is 27.5 Å². The van der Waals surface area contributed by atoms with Crippen LogP contribution in [0.15, 0.2) is 61.6 Å². The number of aliphatic hydroxyl groups is 1. The number of hydrogen-bond donors (Lipinski definition) is 7. The molecule has 2 aliphatic rings. The summed E-state index contributed by atoms with van der Waals surface area (Å²) in [5.74, 6) is -2.00. The number of fused-ring (bicyclic) bond motifs is 2. The molecule has 1 fully saturated rings. The van der Waals surface area contributed by atoms with Crippen LogP contribution in [0.3, 0.4) is 0 Å². The van der Waals surface area contributed by atoms with Gasteiger partial charge in [-0.05, 0) is 37.1 Å². The average Bonchev–Trinajstić information content (AvgIpc) is 4.02. The molecule has 328 valence electrons. The molecule has 8 N–H and O–H groups in total. The number of hydrogen-bond acceptors (Lipinski definition) is 11. The molecule has 0 aliphatic carbocycles. The maximum atomic E-state index is 13.6. The van der Waals surface area contributed by atoms with Gasteiger partial charge in [0.15, 0.2) is 17.7 Å². The number of anilines is 4. The van der Waals surface area contributed by atoms with Crippen molar-refractivity contribution in [2.75, 3.05) is 54.3 Å². The molecular weight excluding hydrogens is 807 g/mol. The first-order chi connectivity index (χ1) is 29.6. The Hall–Kier alpha value is -7.55. The van der Waals surface area contributed by atoms with Crippen molar-refractivity contribution in [1.29, 1.82) is 5.41 Å². The fourth-order valence-corrected chi connectivity index (χ4v) is 7.27. The van der Waals surface area contributed by atoms with Crippen molar-refractivity contribution >= 4 is 64.2 Å². The maximum absolute atomic E-state index is 13.6. The van der Waals surface area contributed by atoms with Gasteiger partial charge in [0.25, 0.3) is 23.6 Å². The SMILES string of the molecule is C=CCOC(=O)N1c2cc(OCCC(=O)Nc3cc(C(=O)Nc4cc(C(=O)Nc5cc(C(=O)NCCC(=N)N)n(C)c5)n(C)c4)n(C)c3)c(OC)cc2C(=O)N2CCC[C@H]2[C@@H]1O. The number of benzene rings is 1. The van der Waals surface area contributed by atoms with Crippen LogP contribution in [0.1, 0.15) is 67.5 Å². The summed E-state index contributed by atoms with van der Waals surface area (Å²) in [6.07, 6.45) is 5.00. The van der Waals surface area contributed by atoms with Crippen molar-refractivity contribution in [2.45, 2.75) is 38.0 Å². The van der Waals surface area contributed by atoms with Crippen molar-refractivity contribution in [2.24, 2.45) is 26.9 Å². The standard InChI is InChI=1S/C41H49N11O10/c1-6-13-62-41(59)52-28-19-33(32(60-5)18-26(28)39(57)51-12-7-8-27(51)40(52)58)61-14-10-35(53)45-23-15-30(49(3)20-23)37(55)47-25-17-31(50(4)22-25)38(56)46-24-16-29(48(2)21-24)36(54)44-11-9-34(42)43/h6,15-22,27,40,58H,1,7-14H2,2-5H3,(H3,42,43)(H,44,54)(H,45,53)(H,46,56)(H,47,55)/t27-,40-/m0/s1. The molecule has 6 amide bonds. The largest absolute Gasteiger partial charge is 0.493 e. The van der Waals surface area contributed by atoms with Crippen molar-refractivity contribution in [3.8, 4) is 11.5 Å². The smallest absolute Gasteiger partial charge is 0.416 e. The number of aromatic nitrogens is 3. The molecule has 4 aromatic rings. The van der Waals surface area contributed by atoms with Gasteiger partial charge in [-0.25, -0.2) is 9.69 Å². The van der Waals surface area contributed by atoms with E-state index in [1.165, 1.54) is 57.6 Å². The lowest BCUT2D eigenvalue weighted by Gasteiger charge is -2.31. The monoisotopic (exact) mass is 855 g/mol. The second-order valence-electron chi connectivity index (χ2n) is 14.6. The van der Waals surface area contributed by atoms with Crippen LogP contribution in [0, 0.1) is 5.41 Å². The number of amidine groups is 1. The van der Waals surface area contributed by atoms with Crippen LogP contribution >= 0.6 is 0 Å². The first kappa shape index (κ1) is 44.0. The number of aliphatic hydroxyl groups excluding tert-OH is 1. The summed E-state index contributed by atoms with van der Waals surface area (Å²) in [7, 11) is 6.30. The number of nitrogens with two attached hydrogens (primary N) is 1. The van der Waals surface area contributed by atoms with Gasteiger partial charge in [-0.15, -0.1) is 0 Å². The lowest BCUT2D eigenvalue weighted by Crippen LogP contribution is -2.50. The predicted molar refractivity (Wildman–Crippen MR) is 227 cm³/mol. The van der Waals surface area contributed by atoms with Gasteiger partial charge in [0, 0.05) is 65.3 Å². The predicted octanol–water partition coefficient (Wildman–Crippen LogP) is 2.74. The Balaban J connectivity index is 1.06. The second-order valence-corrected chi connectivity index (χ2v) is 14.6. The summed E-state index contributed by atoms with van der Waals surface area (Å²) in [5.41, 5.74) is 7.25. The van der Waals surface area contributed by atoms with E-state index in [9.17, 15) is 33.9 Å². The molecule has 0 saturated carbocycles. The molecule has 1 aromatic carbocycles. The van der Waals surface area contributed by atoms with E-state index in [0.717, 1.165) is 4.90 Å². The third kappa shape index (κ3) is 9.57. The third-order valence-electron chi connectivity index (χ3n) is 10.2. The third-order valence-corrected chi connectivity index (χ3v) is 10.2. The first-order valence-electron chi connectivity index (χ1n) is 19.5. The molecule has 0 bridgehead atoms. The van der Waals surface area contributed by atoms with Crippen molar-refractivity contribution in [3.63, 3.8) is 0 Å². The van der Waals surface area contributed by atoms with Crippen LogP contribution in [0.2, 0.25) is 0 Å². The zero-order valence-electron chi connectivity index (χ0n) is 34.6. The molecule has 2 aliphatic heterocycles. The number of ether oxygens (including phenoxy) is 3. The Kier molecular flexibility index (Phi) is 13.3. The number of methoxy groups -OCH3 is 1. The molecule has 21 nitrogen and oxygen atoms in total. The number of rotatable bonds is 16. The number of carbonyl (C=O) groups excluding carboxylic acids is 6. The van der Waals surface area contributed by atoms with Crippen molar-refractivity contribution in [1.82, 2.24) is 23.9 Å². The highest BCUT2D eigenvalue weighted by Crippen LogP contribution is 2.41. The van der Waals surface area contributed by atoms with Crippen molar-refractivity contribution in [3.05, 3.63) is 84.2 Å². The summed E-state index contributed by atoms with van der Waals surface area (Å²) in [4.78, 5) is 81.5. The fourth-order valence-electron chi connectivity index (χ4n) is 7.27. The zero-order chi connectivity index (χ0) is 44.8. The van der Waals surface area contributed by atoms with Gasteiger partial charge < -0.3 is 64.9 Å². The van der Waals surface area contributed by atoms with Crippen molar-refractivity contribution < 1.29 is 48.1 Å². The van der Waals surface area contributed by atoms with E-state index in [4.69, 9.17) is 25.4 Å². The van der Waals surface area contributed by atoms with E-state index < -0.39 is 42.0 Å². The molecule has 0 unspecified atom stereocenters. The Labute approximate surface area is 355 Å². The molecule has 0 radical (unpaired) electrons. The van der Waals surface area contributed by atoms with Gasteiger partial charge in [0.2, 0.25) is 5.91 Å². The highest BCUT2D eigenvalue weighted by molar-refractivity contribution is 6.08. The lowest BCUT2D eigenvalue weighted by molar-refractivity contribution is -0.116. The Morgan fingerprint density at radius 3 is 2.02 bits per heavy atom. The number of aryl methyl sites for hydroxylation is 3. The molecule has 5 heterocycles. The minimum atomic E-state index is -1.40. The highest BCUT2D eigenvalue weighted by atomic mass is 16.6. The van der Waals surface area contributed by atoms with Crippen LogP contribution in [-0.4, -0.2) is 111 Å². The topological polar surface area (TPSA) is 270 Å². The molecule has 21 heteroatoms. The lowest BCUT2D eigenvalue weighted by atomic mass is 10.1. The molecule has 2 atom stereocenters. The van der Waals surface area contributed by atoms with Gasteiger partial charge in [0.1, 0.15) is 23.7 Å². The average molecular weight is 856 g/mol. The highest BCUT2D eigenvalue weighted by Gasteiger charge is 2.45. The van der Waals surface area contributed by atoms with Crippen LogP contribution in [0.25, 0.3) is 0 Å². The normalized spacial score (nSPS) is 15.5. The van der Waals surface area contributed by atoms with Crippen LogP contribution < -0.4 is 41.4 Å². The quantitative estimate of drug-likeness (QED) is 0.0489. The number of carbonyl (C=O) groups is 6. The Morgan fingerprint density at radius 1 is 0.871 bits per heavy atom. The number of nitrogens with zero attached hydrogens (tertiary/aromatic N) is 5. The number of nitrogens with one attached hydrogen (secondary N) is 5. The van der Waals surface area contributed by atoms with E-state index >= 15 is 0 Å². The van der Waals surface area contributed by atoms with E-state index in [-0.39, 0.29) is 84.2 Å². The van der Waals surface area contributed by atoms with Gasteiger partial charge >= 0.3 is 6.09 Å². The van der Waals surface area contributed by atoms with Crippen LogP contribution in [0.5, 0.6) is 11.5 Å². The van der Waals surface area contributed by atoms with E-state index in [0.29, 0.717) is 36.4 Å². The van der Waals surface area contributed by atoms with E-state index in [1.54, 1.807) is 44.3 Å². The summed E-state index contributed by atoms with van der Waals surface area (Å²) in [6, 6.07) is 6.67. The molecule has 62 heavy (non-hydrogen) atoms. The second kappa shape index (κ2) is 18.8. The van der Waals surface area contributed by atoms with E-state index in [1.807, 2.05) is 0 Å². The maximum Gasteiger partial charge on any atom is 0.416 e. The molecule has 1 saturated heterocycles. The molecule has 3 aromatic heterocycles. The number of amides is 6. The van der Waals surface area contributed by atoms with E-state index in [2.05, 4.69) is 27.8 Å². The summed E-state index contributed by atoms with van der Waals surface area (Å²) in [6.45, 7) is 3.89. The summed E-state index contributed by atoms with van der Waals surface area (Å²) >= 11 is 0. The molecule has 0 spiro atoms. The first-order valence-corrected chi connectivity index (χ1v) is 19.5. The summed E-state index contributed by atoms with van der Waals surface area (Å²) < 4.78 is 21.3. The Bertz CT molecular complexity index is 2430. The van der Waals surface area contributed by atoms with Gasteiger partial charge in [-0.1, -0.05) is 12.7 Å². The summed E-state index contributed by atoms with van der Waals surface area (Å²) in [5, 5.41) is 29.6.